The topological polar surface area (TPSA) is 106 Å². The van der Waals surface area contributed by atoms with Crippen molar-refractivity contribution in [2.45, 2.75) is 25.5 Å². The summed E-state index contributed by atoms with van der Waals surface area (Å²) in [7, 11) is 1.55. The van der Waals surface area contributed by atoms with E-state index in [9.17, 15) is 4.39 Å². The quantitative estimate of drug-likeness (QED) is 0.346. The molecule has 0 unspecified atom stereocenters. The fourth-order valence-corrected chi connectivity index (χ4v) is 5.57. The van der Waals surface area contributed by atoms with Gasteiger partial charge in [-0.3, -0.25) is 0 Å². The molecule has 38 heavy (non-hydrogen) atoms. The van der Waals surface area contributed by atoms with Crippen LogP contribution in [0.1, 0.15) is 12.0 Å². The Hall–Kier alpha value is -4.20. The van der Waals surface area contributed by atoms with Gasteiger partial charge in [0.2, 0.25) is 0 Å². The van der Waals surface area contributed by atoms with Gasteiger partial charge in [-0.25, -0.2) is 19.2 Å². The van der Waals surface area contributed by atoms with Gasteiger partial charge in [-0.2, -0.15) is 0 Å². The smallest absolute Gasteiger partial charge is 0.193 e. The number of aromatic nitrogens is 3. The number of pyridine rings is 1. The van der Waals surface area contributed by atoms with Gasteiger partial charge in [0, 0.05) is 37.4 Å². The summed E-state index contributed by atoms with van der Waals surface area (Å²) in [5.41, 5.74) is 11.9. The highest BCUT2D eigenvalue weighted by Crippen LogP contribution is 2.44. The van der Waals surface area contributed by atoms with Crippen LogP contribution in [0, 0.1) is 19.3 Å². The summed E-state index contributed by atoms with van der Waals surface area (Å²) in [6, 6.07) is 8.64. The summed E-state index contributed by atoms with van der Waals surface area (Å²) in [5, 5.41) is 3.56. The van der Waals surface area contributed by atoms with E-state index < -0.39 is 0 Å². The van der Waals surface area contributed by atoms with E-state index in [4.69, 9.17) is 26.8 Å². The number of fused-ring (bicyclic) bond motifs is 2. The minimum Gasteiger partial charge on any atom is -0.496 e. The van der Waals surface area contributed by atoms with Crippen molar-refractivity contribution in [2.24, 2.45) is 0 Å². The second-order valence-corrected chi connectivity index (χ2v) is 9.74. The molecule has 4 N–H and O–H groups in total. The number of aromatic amines is 1. The van der Waals surface area contributed by atoms with Crippen molar-refractivity contribution in [2.75, 3.05) is 44.0 Å². The fraction of sp³-hybridized carbons (Fsp3) is 0.321. The highest BCUT2D eigenvalue weighted by atomic mass is 19.1. The van der Waals surface area contributed by atoms with Gasteiger partial charge in [0.15, 0.2) is 5.69 Å². The van der Waals surface area contributed by atoms with Gasteiger partial charge in [0.05, 0.1) is 43.2 Å². The normalized spacial score (nSPS) is 19.3. The van der Waals surface area contributed by atoms with Crippen molar-refractivity contribution in [3.63, 3.8) is 0 Å². The zero-order chi connectivity index (χ0) is 26.4. The molecule has 4 heterocycles. The zero-order valence-corrected chi connectivity index (χ0v) is 21.2. The highest BCUT2D eigenvalue weighted by molar-refractivity contribution is 5.97. The van der Waals surface area contributed by atoms with Gasteiger partial charge in [0.1, 0.15) is 28.7 Å². The van der Waals surface area contributed by atoms with E-state index >= 15 is 0 Å². The van der Waals surface area contributed by atoms with Crippen LogP contribution in [0.15, 0.2) is 36.5 Å². The molecule has 0 bridgehead atoms. The number of piperidine rings is 1. The van der Waals surface area contributed by atoms with Crippen molar-refractivity contribution >= 4 is 28.2 Å². The number of aryl methyl sites for hydroxylation is 1. The monoisotopic (exact) mass is 513 g/mol. The lowest BCUT2D eigenvalue weighted by molar-refractivity contribution is -0.00899. The molecule has 0 spiro atoms. The number of rotatable bonds is 4. The number of nitrogen functional groups attached to an aromatic ring is 1. The lowest BCUT2D eigenvalue weighted by Crippen LogP contribution is -2.58. The van der Waals surface area contributed by atoms with Crippen molar-refractivity contribution in [1.29, 1.82) is 0 Å². The Balaban J connectivity index is 1.57. The minimum absolute atomic E-state index is 0.0128. The standard InChI is InChI=1S/C28H28FN7O2/c1-15-8-16(10-17(29)9-15)19-13-33-27(30)24(26(19)36-6-4-20-23(14-36)38-7-5-32-20)28-34-21-11-18(31-2)12-22(37-3)25(21)35-28/h8-13,20,23,32H,4-7,14H2,1,3H3,(H2,30,33)(H,34,35)/t20-,23-/m0/s1. The number of nitrogens with two attached hydrogens (primary N) is 1. The van der Waals surface area contributed by atoms with Crippen molar-refractivity contribution < 1.29 is 13.9 Å². The number of hydrogen-bond donors (Lipinski definition) is 3. The van der Waals surface area contributed by atoms with E-state index in [-0.39, 0.29) is 18.0 Å². The molecule has 2 fully saturated rings. The molecule has 0 aliphatic carbocycles. The summed E-state index contributed by atoms with van der Waals surface area (Å²) >= 11 is 0. The zero-order valence-electron chi connectivity index (χ0n) is 21.2. The summed E-state index contributed by atoms with van der Waals surface area (Å²) < 4.78 is 26.2. The second-order valence-electron chi connectivity index (χ2n) is 9.74. The third-order valence-electron chi connectivity index (χ3n) is 7.27. The van der Waals surface area contributed by atoms with Crippen LogP contribution in [0.25, 0.3) is 38.4 Å². The number of imidazole rings is 1. The van der Waals surface area contributed by atoms with Gasteiger partial charge in [-0.05, 0) is 48.7 Å². The number of anilines is 2. The van der Waals surface area contributed by atoms with Gasteiger partial charge >= 0.3 is 0 Å². The van der Waals surface area contributed by atoms with Crippen molar-refractivity contribution in [3.05, 3.63) is 59.3 Å². The first-order valence-electron chi connectivity index (χ1n) is 12.6. The molecule has 2 atom stereocenters. The number of hydrogen-bond acceptors (Lipinski definition) is 7. The van der Waals surface area contributed by atoms with Gasteiger partial charge in [0.25, 0.3) is 0 Å². The Labute approximate surface area is 219 Å². The molecule has 4 aromatic rings. The fourth-order valence-electron chi connectivity index (χ4n) is 5.57. The van der Waals surface area contributed by atoms with Gasteiger partial charge < -0.3 is 30.4 Å². The maximum Gasteiger partial charge on any atom is 0.193 e. The van der Waals surface area contributed by atoms with E-state index in [1.165, 1.54) is 12.1 Å². The van der Waals surface area contributed by atoms with Crippen LogP contribution in [0.3, 0.4) is 0 Å². The Kier molecular flexibility index (Phi) is 6.10. The molecule has 0 amide bonds. The molecule has 0 radical (unpaired) electrons. The number of H-pyrrole nitrogens is 1. The van der Waals surface area contributed by atoms with E-state index in [1.807, 2.05) is 13.0 Å². The minimum atomic E-state index is -0.317. The first-order valence-corrected chi connectivity index (χ1v) is 12.6. The van der Waals surface area contributed by atoms with E-state index in [2.05, 4.69) is 25.0 Å². The highest BCUT2D eigenvalue weighted by Gasteiger charge is 2.35. The van der Waals surface area contributed by atoms with E-state index in [1.54, 1.807) is 25.4 Å². The van der Waals surface area contributed by atoms with Crippen molar-refractivity contribution in [1.82, 2.24) is 20.3 Å². The summed E-state index contributed by atoms with van der Waals surface area (Å²) in [5.74, 6) is 0.969. The molecule has 2 saturated heterocycles. The van der Waals surface area contributed by atoms with Gasteiger partial charge in [-0.1, -0.05) is 6.07 Å². The molecule has 0 saturated carbocycles. The average Bonchev–Trinajstić information content (AvgIpc) is 3.35. The van der Waals surface area contributed by atoms with Crippen LogP contribution in [0.2, 0.25) is 0 Å². The second kappa shape index (κ2) is 9.59. The van der Waals surface area contributed by atoms with Crippen LogP contribution in [-0.4, -0.2) is 60.4 Å². The number of benzene rings is 2. The Morgan fingerprint density at radius 3 is 2.92 bits per heavy atom. The Morgan fingerprint density at radius 2 is 2.13 bits per heavy atom. The molecular weight excluding hydrogens is 485 g/mol. The summed E-state index contributed by atoms with van der Waals surface area (Å²) in [6.45, 7) is 12.2. The Morgan fingerprint density at radius 1 is 1.26 bits per heavy atom. The molecular formula is C28H28FN7O2. The first kappa shape index (κ1) is 24.2. The number of halogens is 1. The molecule has 2 aromatic heterocycles. The molecule has 9 nitrogen and oxygen atoms in total. The van der Waals surface area contributed by atoms with Crippen molar-refractivity contribution in [3.8, 4) is 28.3 Å². The molecule has 6 rings (SSSR count). The number of nitrogens with zero attached hydrogens (tertiary/aromatic N) is 4. The van der Waals surface area contributed by atoms with Crippen LogP contribution in [0.4, 0.5) is 21.6 Å². The first-order chi connectivity index (χ1) is 18.4. The van der Waals surface area contributed by atoms with Crippen LogP contribution >= 0.6 is 0 Å². The lowest BCUT2D eigenvalue weighted by Gasteiger charge is -2.43. The number of ether oxygens (including phenoxy) is 2. The maximum atomic E-state index is 14.6. The molecule has 10 heteroatoms. The number of nitrogens with one attached hydrogen (secondary N) is 2. The third kappa shape index (κ3) is 4.20. The summed E-state index contributed by atoms with van der Waals surface area (Å²) in [4.78, 5) is 18.5. The molecule has 2 aliphatic heterocycles. The molecule has 2 aromatic carbocycles. The summed E-state index contributed by atoms with van der Waals surface area (Å²) in [6.07, 6.45) is 2.60. The van der Waals surface area contributed by atoms with E-state index in [0.29, 0.717) is 58.4 Å². The third-order valence-corrected chi connectivity index (χ3v) is 7.27. The van der Waals surface area contributed by atoms with E-state index in [0.717, 1.165) is 36.3 Å². The largest absolute Gasteiger partial charge is 0.496 e. The van der Waals surface area contributed by atoms with Gasteiger partial charge in [-0.15, -0.1) is 0 Å². The predicted octanol–water partition coefficient (Wildman–Crippen LogP) is 4.45. The maximum absolute atomic E-state index is 14.6. The molecule has 2 aliphatic rings. The van der Waals surface area contributed by atoms with Crippen LogP contribution in [-0.2, 0) is 4.74 Å². The SMILES string of the molecule is [C-]#[N+]c1cc(OC)c2nc(-c3c(N)ncc(-c4cc(C)cc(F)c4)c3N3CC[C@@H]4NCCO[C@H]4C3)[nH]c2c1. The van der Waals surface area contributed by atoms with Crippen LogP contribution in [0.5, 0.6) is 5.75 Å². The van der Waals surface area contributed by atoms with Crippen LogP contribution < -0.4 is 20.7 Å². The molecule has 194 valence electrons. The Bertz CT molecular complexity index is 1560. The lowest BCUT2D eigenvalue weighted by atomic mass is 9.95. The predicted molar refractivity (Wildman–Crippen MR) is 145 cm³/mol. The number of morpholine rings is 1. The average molecular weight is 514 g/mol. The number of methoxy groups -OCH3 is 1.